The Balaban J connectivity index is 2.32. The number of aromatic nitrogens is 2. The van der Waals surface area contributed by atoms with Crippen LogP contribution in [0.1, 0.15) is 37.6 Å². The molecule has 0 amide bonds. The lowest BCUT2D eigenvalue weighted by molar-refractivity contribution is 0.793. The lowest BCUT2D eigenvalue weighted by atomic mass is 10.1. The van der Waals surface area contributed by atoms with Crippen LogP contribution in [-0.4, -0.2) is 9.97 Å². The number of aryl methyl sites for hydroxylation is 1. The predicted octanol–water partition coefficient (Wildman–Crippen LogP) is 2.89. The number of H-pyrrole nitrogens is 1. The smallest absolute Gasteiger partial charge is 0.251 e. The molecule has 2 aromatic rings. The van der Waals surface area contributed by atoms with Crippen molar-refractivity contribution >= 4 is 11.8 Å². The molecule has 0 aliphatic rings. The molecule has 1 aromatic carbocycles. The summed E-state index contributed by atoms with van der Waals surface area (Å²) in [6, 6.07) is 9.43. The van der Waals surface area contributed by atoms with E-state index in [0.717, 1.165) is 29.0 Å². The maximum Gasteiger partial charge on any atom is 0.251 e. The fourth-order valence-corrected chi connectivity index (χ4v) is 3.01. The zero-order valence-corrected chi connectivity index (χ0v) is 12.5. The Labute approximate surface area is 122 Å². The van der Waals surface area contributed by atoms with Crippen LogP contribution in [0.25, 0.3) is 0 Å². The normalized spacial score (nSPS) is 12.3. The summed E-state index contributed by atoms with van der Waals surface area (Å²) in [5, 5.41) is 0.619. The van der Waals surface area contributed by atoms with Gasteiger partial charge in [-0.15, -0.1) is 0 Å². The average molecular weight is 289 g/mol. The van der Waals surface area contributed by atoms with E-state index in [1.807, 2.05) is 31.2 Å². The van der Waals surface area contributed by atoms with Gasteiger partial charge in [-0.3, -0.25) is 4.79 Å². The third-order valence-corrected chi connectivity index (χ3v) is 3.87. The van der Waals surface area contributed by atoms with Gasteiger partial charge in [-0.25, -0.2) is 4.98 Å². The fourth-order valence-electron chi connectivity index (χ4n) is 1.97. The second-order valence-electron chi connectivity index (χ2n) is 4.72. The lowest BCUT2D eigenvalue weighted by Crippen LogP contribution is -2.10. The molecular weight excluding hydrogens is 270 g/mol. The van der Waals surface area contributed by atoms with Gasteiger partial charge in [0, 0.05) is 22.7 Å². The van der Waals surface area contributed by atoms with Gasteiger partial charge >= 0.3 is 0 Å². The van der Waals surface area contributed by atoms with Crippen molar-refractivity contribution in [2.45, 2.75) is 42.8 Å². The molecule has 2 rings (SSSR count). The van der Waals surface area contributed by atoms with E-state index >= 15 is 0 Å². The highest BCUT2D eigenvalue weighted by atomic mass is 32.2. The monoisotopic (exact) mass is 289 g/mol. The highest BCUT2D eigenvalue weighted by Crippen LogP contribution is 2.30. The number of hydrogen-bond acceptors (Lipinski definition) is 4. The van der Waals surface area contributed by atoms with Gasteiger partial charge in [0.05, 0.1) is 0 Å². The molecule has 0 saturated heterocycles. The van der Waals surface area contributed by atoms with Gasteiger partial charge in [0.2, 0.25) is 0 Å². The molecule has 0 radical (unpaired) electrons. The summed E-state index contributed by atoms with van der Waals surface area (Å²) in [6.07, 6.45) is 1.78. The van der Waals surface area contributed by atoms with Gasteiger partial charge in [0.1, 0.15) is 0 Å². The topological polar surface area (TPSA) is 71.8 Å². The van der Waals surface area contributed by atoms with Gasteiger partial charge in [0.25, 0.3) is 5.56 Å². The van der Waals surface area contributed by atoms with Gasteiger partial charge in [-0.2, -0.15) is 0 Å². The lowest BCUT2D eigenvalue weighted by Gasteiger charge is -2.11. The second kappa shape index (κ2) is 6.72. The van der Waals surface area contributed by atoms with E-state index in [1.165, 1.54) is 11.8 Å². The summed E-state index contributed by atoms with van der Waals surface area (Å²) in [4.78, 5) is 20.0. The first-order valence-corrected chi connectivity index (χ1v) is 7.54. The fraction of sp³-hybridized carbons (Fsp3) is 0.333. The summed E-state index contributed by atoms with van der Waals surface area (Å²) < 4.78 is 0. The Bertz CT molecular complexity index is 637. The van der Waals surface area contributed by atoms with Crippen molar-refractivity contribution in [3.05, 3.63) is 51.9 Å². The molecule has 4 nitrogen and oxygen atoms in total. The van der Waals surface area contributed by atoms with Crippen molar-refractivity contribution in [1.82, 2.24) is 9.97 Å². The molecule has 20 heavy (non-hydrogen) atoms. The van der Waals surface area contributed by atoms with Crippen LogP contribution in [-0.2, 0) is 6.42 Å². The molecule has 0 aliphatic heterocycles. The molecule has 0 spiro atoms. The summed E-state index contributed by atoms with van der Waals surface area (Å²) in [6.45, 7) is 4.02. The molecule has 1 heterocycles. The summed E-state index contributed by atoms with van der Waals surface area (Å²) in [5.74, 6) is 0. The van der Waals surface area contributed by atoms with Crippen LogP contribution in [0.4, 0.5) is 0 Å². The number of rotatable bonds is 5. The average Bonchev–Trinajstić information content (AvgIpc) is 2.38. The molecule has 1 aromatic heterocycles. The van der Waals surface area contributed by atoms with E-state index in [0.29, 0.717) is 5.16 Å². The standard InChI is InChI=1S/C15H19N3OS/c1-3-6-11-9-14(19)18-15(17-11)20-13-8-5-4-7-12(13)10(2)16/h4-5,7-10H,3,6,16H2,1-2H3,(H,17,18,19)/t10-/m0/s1. The van der Waals surface area contributed by atoms with Crippen molar-refractivity contribution in [1.29, 1.82) is 0 Å². The van der Waals surface area contributed by atoms with Crippen molar-refractivity contribution in [3.8, 4) is 0 Å². The minimum Gasteiger partial charge on any atom is -0.324 e. The quantitative estimate of drug-likeness (QED) is 0.830. The van der Waals surface area contributed by atoms with Crippen LogP contribution < -0.4 is 11.3 Å². The van der Waals surface area contributed by atoms with Crippen LogP contribution in [0.3, 0.4) is 0 Å². The van der Waals surface area contributed by atoms with Crippen LogP contribution >= 0.6 is 11.8 Å². The van der Waals surface area contributed by atoms with Crippen molar-refractivity contribution in [2.24, 2.45) is 5.73 Å². The first-order chi connectivity index (χ1) is 9.60. The number of aromatic amines is 1. The zero-order chi connectivity index (χ0) is 14.5. The van der Waals surface area contributed by atoms with Gasteiger partial charge in [0.15, 0.2) is 5.16 Å². The van der Waals surface area contributed by atoms with Crippen molar-refractivity contribution in [2.75, 3.05) is 0 Å². The third kappa shape index (κ3) is 3.71. The Morgan fingerprint density at radius 1 is 1.40 bits per heavy atom. The van der Waals surface area contributed by atoms with Crippen LogP contribution in [0, 0.1) is 0 Å². The van der Waals surface area contributed by atoms with E-state index in [9.17, 15) is 4.79 Å². The number of nitrogens with two attached hydrogens (primary N) is 1. The van der Waals surface area contributed by atoms with E-state index in [1.54, 1.807) is 6.07 Å². The molecule has 0 aliphatic carbocycles. The maximum atomic E-state index is 11.7. The Morgan fingerprint density at radius 2 is 2.15 bits per heavy atom. The molecule has 3 N–H and O–H groups in total. The molecule has 1 atom stereocenters. The molecule has 106 valence electrons. The summed E-state index contributed by atoms with van der Waals surface area (Å²) in [5.41, 5.74) is 7.75. The number of nitrogens with one attached hydrogen (secondary N) is 1. The van der Waals surface area contributed by atoms with E-state index in [2.05, 4.69) is 16.9 Å². The highest BCUT2D eigenvalue weighted by Gasteiger charge is 2.09. The molecule has 0 fully saturated rings. The summed E-state index contributed by atoms with van der Waals surface area (Å²) >= 11 is 1.45. The minimum atomic E-state index is -0.107. The first-order valence-electron chi connectivity index (χ1n) is 6.72. The van der Waals surface area contributed by atoms with Crippen LogP contribution in [0.2, 0.25) is 0 Å². The predicted molar refractivity (Wildman–Crippen MR) is 82.0 cm³/mol. The Morgan fingerprint density at radius 3 is 2.85 bits per heavy atom. The highest BCUT2D eigenvalue weighted by molar-refractivity contribution is 7.99. The van der Waals surface area contributed by atoms with Crippen LogP contribution in [0.5, 0.6) is 0 Å². The van der Waals surface area contributed by atoms with Gasteiger partial charge < -0.3 is 10.7 Å². The van der Waals surface area contributed by atoms with Crippen molar-refractivity contribution < 1.29 is 0 Å². The number of benzene rings is 1. The third-order valence-electron chi connectivity index (χ3n) is 2.90. The largest absolute Gasteiger partial charge is 0.324 e. The molecule has 0 unspecified atom stereocenters. The summed E-state index contributed by atoms with van der Waals surface area (Å²) in [7, 11) is 0. The number of hydrogen-bond donors (Lipinski definition) is 2. The minimum absolute atomic E-state index is 0.0516. The Kier molecular flexibility index (Phi) is 4.98. The van der Waals surface area contributed by atoms with Crippen molar-refractivity contribution in [3.63, 3.8) is 0 Å². The zero-order valence-electron chi connectivity index (χ0n) is 11.7. The molecule has 0 saturated carbocycles. The van der Waals surface area contributed by atoms with Gasteiger partial charge in [-0.05, 0) is 25.0 Å². The van der Waals surface area contributed by atoms with Gasteiger partial charge in [-0.1, -0.05) is 43.3 Å². The second-order valence-corrected chi connectivity index (χ2v) is 5.75. The van der Waals surface area contributed by atoms with E-state index in [-0.39, 0.29) is 11.6 Å². The van der Waals surface area contributed by atoms with E-state index < -0.39 is 0 Å². The maximum absolute atomic E-state index is 11.7. The molecule has 0 bridgehead atoms. The number of nitrogens with zero attached hydrogens (tertiary/aromatic N) is 1. The molecular formula is C15H19N3OS. The SMILES string of the molecule is CCCc1cc(=O)[nH]c(Sc2ccccc2[C@H](C)N)n1. The van der Waals surface area contributed by atoms with Crippen LogP contribution in [0.15, 0.2) is 45.2 Å². The Hall–Kier alpha value is -1.59. The van der Waals surface area contributed by atoms with E-state index in [4.69, 9.17) is 5.73 Å². The first kappa shape index (κ1) is 14.8. The molecule has 5 heteroatoms.